The van der Waals surface area contributed by atoms with Crippen molar-refractivity contribution in [1.29, 1.82) is 0 Å². The minimum atomic E-state index is 0.402. The quantitative estimate of drug-likeness (QED) is 0.736. The third-order valence-electron chi connectivity index (χ3n) is 3.31. The maximum Gasteiger partial charge on any atom is 0.207 e. The van der Waals surface area contributed by atoms with Gasteiger partial charge in [0.2, 0.25) is 6.41 Å². The Bertz CT molecular complexity index is 782. The second-order valence-electron chi connectivity index (χ2n) is 4.73. The lowest BCUT2D eigenvalue weighted by atomic mass is 10.2. The molecular formula is C16H14ClN3O. The van der Waals surface area contributed by atoms with E-state index in [-0.39, 0.29) is 0 Å². The minimum Gasteiger partial charge on any atom is -0.351 e. The molecule has 2 aromatic carbocycles. The highest BCUT2D eigenvalue weighted by molar-refractivity contribution is 6.30. The number of nitrogens with one attached hydrogen (secondary N) is 1. The third kappa shape index (κ3) is 2.90. The summed E-state index contributed by atoms with van der Waals surface area (Å²) in [6, 6.07) is 15.7. The van der Waals surface area contributed by atoms with E-state index in [0.29, 0.717) is 24.5 Å². The summed E-state index contributed by atoms with van der Waals surface area (Å²) < 4.78 is 2.09. The summed E-state index contributed by atoms with van der Waals surface area (Å²) >= 11 is 6.04. The van der Waals surface area contributed by atoms with Crippen LogP contribution in [0.25, 0.3) is 11.0 Å². The average molecular weight is 300 g/mol. The van der Waals surface area contributed by atoms with Crippen LogP contribution in [0.5, 0.6) is 0 Å². The molecule has 0 fully saturated rings. The van der Waals surface area contributed by atoms with Gasteiger partial charge < -0.3 is 9.88 Å². The smallest absolute Gasteiger partial charge is 0.207 e. The summed E-state index contributed by atoms with van der Waals surface area (Å²) in [6.07, 6.45) is 0.684. The third-order valence-corrected chi connectivity index (χ3v) is 3.54. The van der Waals surface area contributed by atoms with Crippen molar-refractivity contribution in [3.8, 4) is 0 Å². The van der Waals surface area contributed by atoms with Crippen molar-refractivity contribution in [1.82, 2.24) is 14.9 Å². The Morgan fingerprint density at radius 1 is 1.19 bits per heavy atom. The molecule has 0 radical (unpaired) electrons. The van der Waals surface area contributed by atoms with Gasteiger partial charge in [-0.3, -0.25) is 4.79 Å². The van der Waals surface area contributed by atoms with Crippen LogP contribution in [0.4, 0.5) is 0 Å². The van der Waals surface area contributed by atoms with Gasteiger partial charge in [0.05, 0.1) is 17.6 Å². The van der Waals surface area contributed by atoms with E-state index in [4.69, 9.17) is 11.6 Å². The second kappa shape index (κ2) is 5.97. The Kier molecular flexibility index (Phi) is 3.88. The van der Waals surface area contributed by atoms with E-state index in [1.165, 1.54) is 0 Å². The molecule has 21 heavy (non-hydrogen) atoms. The molecule has 0 unspecified atom stereocenters. The van der Waals surface area contributed by atoms with Crippen molar-refractivity contribution in [2.24, 2.45) is 0 Å². The molecule has 0 aliphatic rings. The minimum absolute atomic E-state index is 0.402. The first-order valence-electron chi connectivity index (χ1n) is 6.63. The number of halogens is 1. The molecule has 1 amide bonds. The summed E-state index contributed by atoms with van der Waals surface area (Å²) in [5.41, 5.74) is 3.06. The molecule has 0 bridgehead atoms. The number of amides is 1. The van der Waals surface area contributed by atoms with Crippen molar-refractivity contribution in [2.75, 3.05) is 0 Å². The first kappa shape index (κ1) is 13.6. The van der Waals surface area contributed by atoms with Gasteiger partial charge in [0.25, 0.3) is 0 Å². The van der Waals surface area contributed by atoms with Crippen LogP contribution in [0.15, 0.2) is 48.5 Å². The molecule has 106 valence electrons. The largest absolute Gasteiger partial charge is 0.351 e. The van der Waals surface area contributed by atoms with Crippen LogP contribution >= 0.6 is 11.6 Å². The summed E-state index contributed by atoms with van der Waals surface area (Å²) in [5, 5.41) is 3.39. The average Bonchev–Trinajstić information content (AvgIpc) is 2.83. The molecule has 0 atom stereocenters. The number of nitrogens with zero attached hydrogens (tertiary/aromatic N) is 2. The van der Waals surface area contributed by atoms with Gasteiger partial charge in [-0.15, -0.1) is 0 Å². The van der Waals surface area contributed by atoms with Crippen molar-refractivity contribution >= 4 is 29.0 Å². The summed E-state index contributed by atoms with van der Waals surface area (Å²) in [6.45, 7) is 1.07. The van der Waals surface area contributed by atoms with Crippen LogP contribution in [-0.2, 0) is 17.9 Å². The molecule has 0 saturated heterocycles. The molecule has 0 aliphatic carbocycles. The van der Waals surface area contributed by atoms with E-state index in [1.807, 2.05) is 48.5 Å². The second-order valence-corrected chi connectivity index (χ2v) is 5.17. The zero-order chi connectivity index (χ0) is 14.7. The molecule has 4 nitrogen and oxygen atoms in total. The monoisotopic (exact) mass is 299 g/mol. The van der Waals surface area contributed by atoms with E-state index in [2.05, 4.69) is 14.9 Å². The van der Waals surface area contributed by atoms with E-state index < -0.39 is 0 Å². The van der Waals surface area contributed by atoms with Crippen LogP contribution in [0.2, 0.25) is 5.02 Å². The molecule has 1 aromatic heterocycles. The van der Waals surface area contributed by atoms with Gasteiger partial charge in [-0.2, -0.15) is 0 Å². The van der Waals surface area contributed by atoms with Crippen LogP contribution in [0, 0.1) is 0 Å². The number of para-hydroxylation sites is 2. The van der Waals surface area contributed by atoms with Gasteiger partial charge in [-0.25, -0.2) is 4.98 Å². The maximum absolute atomic E-state index is 10.5. The number of fused-ring (bicyclic) bond motifs is 1. The van der Waals surface area contributed by atoms with Crippen LogP contribution in [0.1, 0.15) is 11.4 Å². The highest BCUT2D eigenvalue weighted by Gasteiger charge is 2.10. The molecule has 0 aliphatic heterocycles. The van der Waals surface area contributed by atoms with Crippen molar-refractivity contribution in [2.45, 2.75) is 13.1 Å². The van der Waals surface area contributed by atoms with Gasteiger partial charge in [-0.1, -0.05) is 35.9 Å². The Morgan fingerprint density at radius 2 is 2.05 bits per heavy atom. The first-order chi connectivity index (χ1) is 10.3. The van der Waals surface area contributed by atoms with Crippen LogP contribution in [-0.4, -0.2) is 16.0 Å². The van der Waals surface area contributed by atoms with Gasteiger partial charge >= 0.3 is 0 Å². The number of benzene rings is 2. The van der Waals surface area contributed by atoms with Gasteiger partial charge in [0.15, 0.2) is 0 Å². The fourth-order valence-corrected chi connectivity index (χ4v) is 2.60. The van der Waals surface area contributed by atoms with Crippen LogP contribution < -0.4 is 5.32 Å². The lowest BCUT2D eigenvalue weighted by Crippen LogP contribution is -2.15. The molecule has 1 N–H and O–H groups in total. The lowest BCUT2D eigenvalue weighted by molar-refractivity contribution is -0.109. The normalized spacial score (nSPS) is 10.7. The summed E-state index contributed by atoms with van der Waals surface area (Å²) in [4.78, 5) is 15.1. The van der Waals surface area contributed by atoms with E-state index in [0.717, 1.165) is 22.4 Å². The van der Waals surface area contributed by atoms with E-state index in [9.17, 15) is 4.79 Å². The first-order valence-corrected chi connectivity index (χ1v) is 7.01. The number of hydrogen-bond donors (Lipinski definition) is 1. The zero-order valence-electron chi connectivity index (χ0n) is 11.3. The molecule has 1 heterocycles. The van der Waals surface area contributed by atoms with Gasteiger partial charge in [0.1, 0.15) is 5.82 Å². The highest BCUT2D eigenvalue weighted by atomic mass is 35.5. The maximum atomic E-state index is 10.5. The fraction of sp³-hybridized carbons (Fsp3) is 0.125. The Balaban J connectivity index is 2.03. The highest BCUT2D eigenvalue weighted by Crippen LogP contribution is 2.19. The Labute approximate surface area is 127 Å². The molecule has 3 aromatic rings. The van der Waals surface area contributed by atoms with Crippen molar-refractivity contribution in [3.05, 3.63) is 64.9 Å². The Hall–Kier alpha value is -2.33. The van der Waals surface area contributed by atoms with Gasteiger partial charge in [-0.05, 0) is 29.8 Å². The number of carbonyl (C=O) groups excluding carboxylic acids is 1. The zero-order valence-corrected chi connectivity index (χ0v) is 12.0. The lowest BCUT2D eigenvalue weighted by Gasteiger charge is -2.09. The summed E-state index contributed by atoms with van der Waals surface area (Å²) in [5.74, 6) is 0.822. The number of rotatable bonds is 5. The topological polar surface area (TPSA) is 46.9 Å². The van der Waals surface area contributed by atoms with Crippen molar-refractivity contribution in [3.63, 3.8) is 0 Å². The van der Waals surface area contributed by atoms with Gasteiger partial charge in [0, 0.05) is 11.6 Å². The fourth-order valence-electron chi connectivity index (χ4n) is 2.39. The van der Waals surface area contributed by atoms with E-state index >= 15 is 0 Å². The summed E-state index contributed by atoms with van der Waals surface area (Å²) in [7, 11) is 0. The van der Waals surface area contributed by atoms with Crippen LogP contribution in [0.3, 0.4) is 0 Å². The molecular weight excluding hydrogens is 286 g/mol. The SMILES string of the molecule is O=CNCc1nc2ccccc2n1Cc1cccc(Cl)c1. The predicted molar refractivity (Wildman–Crippen MR) is 83.2 cm³/mol. The standard InChI is InChI=1S/C16H14ClN3O/c17-13-5-3-4-12(8-13)10-20-15-7-2-1-6-14(15)19-16(20)9-18-11-21/h1-8,11H,9-10H2,(H,18,21). The number of hydrogen-bond acceptors (Lipinski definition) is 2. The number of carbonyl (C=O) groups is 1. The Morgan fingerprint density at radius 3 is 2.86 bits per heavy atom. The predicted octanol–water partition coefficient (Wildman–Crippen LogP) is 2.98. The molecule has 5 heteroatoms. The van der Waals surface area contributed by atoms with E-state index in [1.54, 1.807) is 0 Å². The molecule has 0 spiro atoms. The molecule has 0 saturated carbocycles. The number of imidazole rings is 1. The molecule has 3 rings (SSSR count). The number of aromatic nitrogens is 2. The van der Waals surface area contributed by atoms with Crippen molar-refractivity contribution < 1.29 is 4.79 Å².